The van der Waals surface area contributed by atoms with Crippen molar-refractivity contribution in [1.82, 2.24) is 24.8 Å². The maximum Gasteiger partial charge on any atom is 0.258 e. The normalized spacial score (nSPS) is 19.3. The van der Waals surface area contributed by atoms with Crippen LogP contribution in [-0.4, -0.2) is 45.5 Å². The zero-order valence-corrected chi connectivity index (χ0v) is 18.5. The lowest BCUT2D eigenvalue weighted by Crippen LogP contribution is -2.39. The summed E-state index contributed by atoms with van der Waals surface area (Å²) in [5.41, 5.74) is 7.91. The maximum atomic E-state index is 14.2. The highest BCUT2D eigenvalue weighted by molar-refractivity contribution is 7.93. The Bertz CT molecular complexity index is 1430. The molecule has 4 heterocycles. The molecule has 5 rings (SSSR count). The topological polar surface area (TPSA) is 143 Å². The number of hydrogen-bond donors (Lipinski definition) is 1. The predicted octanol–water partition coefficient (Wildman–Crippen LogP) is 1.49. The molecule has 3 aromatic rings. The van der Waals surface area contributed by atoms with Crippen LogP contribution in [0.15, 0.2) is 24.4 Å². The number of aromatic nitrogens is 4. The molecule has 2 aromatic heterocycles. The van der Waals surface area contributed by atoms with E-state index in [1.165, 1.54) is 29.1 Å². The molecule has 33 heavy (non-hydrogen) atoms. The van der Waals surface area contributed by atoms with Crippen molar-refractivity contribution < 1.29 is 17.5 Å². The second-order valence-electron chi connectivity index (χ2n) is 7.76. The van der Waals surface area contributed by atoms with Crippen molar-refractivity contribution in [3.8, 4) is 23.2 Å². The molecule has 0 saturated carbocycles. The summed E-state index contributed by atoms with van der Waals surface area (Å²) in [4.78, 5) is 8.63. The summed E-state index contributed by atoms with van der Waals surface area (Å²) in [5, 5.41) is 15.8. The van der Waals surface area contributed by atoms with Gasteiger partial charge in [0.15, 0.2) is 5.82 Å². The number of nitrogen functional groups attached to an aromatic ring is 1. The molecule has 2 aliphatic heterocycles. The molecule has 11 nitrogen and oxygen atoms in total. The fourth-order valence-corrected chi connectivity index (χ4v) is 5.70. The number of anilines is 2. The first-order valence-electron chi connectivity index (χ1n) is 10.0. The molecule has 2 bridgehead atoms. The number of hydrazine groups is 1. The minimum Gasteiger partial charge on any atom is -0.467 e. The van der Waals surface area contributed by atoms with Crippen molar-refractivity contribution in [3.05, 3.63) is 47.2 Å². The number of nitrogens with two attached hydrogens (primary N) is 1. The summed E-state index contributed by atoms with van der Waals surface area (Å²) in [6.07, 6.45) is 0.593. The summed E-state index contributed by atoms with van der Waals surface area (Å²) in [6.45, 7) is 1.89. The SMILES string of the molecule is CC1Oc2nc(cnc2N)-c2c(nn(C)c2C#N)CN2CCS(=O)(=O)N2c2ccc(F)cc21. The van der Waals surface area contributed by atoms with Crippen LogP contribution in [-0.2, 0) is 23.6 Å². The molecule has 1 saturated heterocycles. The number of benzene rings is 1. The Hall–Kier alpha value is -3.76. The Morgan fingerprint density at radius 3 is 2.91 bits per heavy atom. The van der Waals surface area contributed by atoms with Gasteiger partial charge in [-0.1, -0.05) is 0 Å². The Labute approximate surface area is 188 Å². The predicted molar refractivity (Wildman–Crippen MR) is 115 cm³/mol. The molecule has 0 radical (unpaired) electrons. The van der Waals surface area contributed by atoms with Crippen LogP contribution in [0.3, 0.4) is 0 Å². The lowest BCUT2D eigenvalue weighted by molar-refractivity contribution is 0.216. The van der Waals surface area contributed by atoms with Gasteiger partial charge in [-0.2, -0.15) is 19.8 Å². The van der Waals surface area contributed by atoms with E-state index in [0.29, 0.717) is 22.5 Å². The van der Waals surface area contributed by atoms with Crippen LogP contribution < -0.4 is 14.9 Å². The Morgan fingerprint density at radius 1 is 1.36 bits per heavy atom. The average molecular weight is 470 g/mol. The molecular weight excluding hydrogens is 451 g/mol. The highest BCUT2D eigenvalue weighted by Gasteiger charge is 2.39. The number of aryl methyl sites for hydroxylation is 1. The van der Waals surface area contributed by atoms with E-state index < -0.39 is 21.9 Å². The number of sulfonamides is 1. The third kappa shape index (κ3) is 3.35. The van der Waals surface area contributed by atoms with Crippen LogP contribution in [0.2, 0.25) is 0 Å². The van der Waals surface area contributed by atoms with E-state index in [0.717, 1.165) is 4.41 Å². The third-order valence-corrected chi connectivity index (χ3v) is 7.28. The number of fused-ring (bicyclic) bond motifs is 7. The molecule has 13 heteroatoms. The lowest BCUT2D eigenvalue weighted by atomic mass is 10.1. The monoisotopic (exact) mass is 470 g/mol. The van der Waals surface area contributed by atoms with E-state index in [1.54, 1.807) is 19.0 Å². The van der Waals surface area contributed by atoms with E-state index in [2.05, 4.69) is 21.1 Å². The van der Waals surface area contributed by atoms with Crippen LogP contribution in [0, 0.1) is 17.1 Å². The largest absolute Gasteiger partial charge is 0.467 e. The highest BCUT2D eigenvalue weighted by Crippen LogP contribution is 2.38. The molecule has 1 aromatic carbocycles. The first kappa shape index (κ1) is 21.1. The van der Waals surface area contributed by atoms with Gasteiger partial charge in [0.05, 0.1) is 41.1 Å². The van der Waals surface area contributed by atoms with E-state index in [-0.39, 0.29) is 41.9 Å². The maximum absolute atomic E-state index is 14.2. The molecule has 0 aliphatic carbocycles. The van der Waals surface area contributed by atoms with Crippen molar-refractivity contribution in [2.75, 3.05) is 22.4 Å². The van der Waals surface area contributed by atoms with Gasteiger partial charge in [-0.05, 0) is 25.1 Å². The molecule has 2 aliphatic rings. The second-order valence-corrected chi connectivity index (χ2v) is 9.68. The lowest BCUT2D eigenvalue weighted by Gasteiger charge is -2.31. The van der Waals surface area contributed by atoms with Crippen molar-refractivity contribution in [3.63, 3.8) is 0 Å². The van der Waals surface area contributed by atoms with Gasteiger partial charge in [0.2, 0.25) is 10.0 Å². The Balaban J connectivity index is 1.80. The summed E-state index contributed by atoms with van der Waals surface area (Å²) in [7, 11) is -2.12. The van der Waals surface area contributed by atoms with E-state index in [4.69, 9.17) is 10.5 Å². The molecule has 1 unspecified atom stereocenters. The number of halogens is 1. The molecule has 0 spiro atoms. The number of ether oxygens (including phenoxy) is 1. The van der Waals surface area contributed by atoms with Gasteiger partial charge < -0.3 is 10.5 Å². The highest BCUT2D eigenvalue weighted by atomic mass is 32.2. The second kappa shape index (κ2) is 7.39. The molecule has 170 valence electrons. The molecule has 0 amide bonds. The van der Waals surface area contributed by atoms with Gasteiger partial charge in [-0.3, -0.25) is 4.68 Å². The van der Waals surface area contributed by atoms with E-state index in [1.807, 2.05) is 0 Å². The number of nitriles is 1. The summed E-state index contributed by atoms with van der Waals surface area (Å²) < 4.78 is 48.8. The quantitative estimate of drug-likeness (QED) is 0.517. The first-order chi connectivity index (χ1) is 15.7. The number of nitrogens with zero attached hydrogens (tertiary/aromatic N) is 7. The van der Waals surface area contributed by atoms with Gasteiger partial charge in [-0.25, -0.2) is 22.8 Å². The fourth-order valence-electron chi connectivity index (χ4n) is 4.12. The van der Waals surface area contributed by atoms with Crippen molar-refractivity contribution in [2.24, 2.45) is 7.05 Å². The van der Waals surface area contributed by atoms with Crippen LogP contribution >= 0.6 is 0 Å². The summed E-state index contributed by atoms with van der Waals surface area (Å²) in [6, 6.07) is 5.93. The molecule has 1 atom stereocenters. The van der Waals surface area contributed by atoms with Gasteiger partial charge in [-0.15, -0.1) is 0 Å². The van der Waals surface area contributed by atoms with Gasteiger partial charge in [0.25, 0.3) is 5.88 Å². The van der Waals surface area contributed by atoms with Gasteiger partial charge >= 0.3 is 0 Å². The van der Waals surface area contributed by atoms with E-state index in [9.17, 15) is 18.1 Å². The molecular formula is C20H19FN8O3S. The zero-order chi connectivity index (χ0) is 23.5. The van der Waals surface area contributed by atoms with Crippen LogP contribution in [0.5, 0.6) is 5.88 Å². The standard InChI is InChI=1S/C20H19FN8O3S/c1-11-13-7-12(21)3-4-16(13)29-28(5-6-33(29,30)31)10-15-18(17(8-22)27(2)26-15)14-9-24-19(23)20(25-14)32-11/h3-4,7,9,11H,5-6,10H2,1-2H3,(H2,23,24). The van der Waals surface area contributed by atoms with Crippen LogP contribution in [0.25, 0.3) is 11.3 Å². The Kier molecular flexibility index (Phi) is 4.73. The van der Waals surface area contributed by atoms with Gasteiger partial charge in [0, 0.05) is 19.2 Å². The number of hydrogen-bond acceptors (Lipinski definition) is 9. The fraction of sp³-hybridized carbons (Fsp3) is 0.300. The smallest absolute Gasteiger partial charge is 0.258 e. The van der Waals surface area contributed by atoms with Crippen molar-refractivity contribution in [1.29, 1.82) is 5.26 Å². The number of rotatable bonds is 0. The summed E-state index contributed by atoms with van der Waals surface area (Å²) >= 11 is 0. The molecule has 1 fully saturated rings. The summed E-state index contributed by atoms with van der Waals surface area (Å²) in [5.74, 6) is -0.694. The van der Waals surface area contributed by atoms with Crippen LogP contribution in [0.4, 0.5) is 15.9 Å². The van der Waals surface area contributed by atoms with Crippen molar-refractivity contribution >= 4 is 21.5 Å². The zero-order valence-electron chi connectivity index (χ0n) is 17.7. The first-order valence-corrected chi connectivity index (χ1v) is 11.6. The van der Waals surface area contributed by atoms with Gasteiger partial charge in [0.1, 0.15) is 23.7 Å². The average Bonchev–Trinajstić information content (AvgIpc) is 3.24. The van der Waals surface area contributed by atoms with Crippen LogP contribution in [0.1, 0.15) is 30.0 Å². The third-order valence-electron chi connectivity index (χ3n) is 5.63. The van der Waals surface area contributed by atoms with Crippen molar-refractivity contribution in [2.45, 2.75) is 19.6 Å². The minimum absolute atomic E-state index is 0.0000176. The molecule has 2 N–H and O–H groups in total. The minimum atomic E-state index is -3.74. The Morgan fingerprint density at radius 2 is 2.15 bits per heavy atom. The van der Waals surface area contributed by atoms with E-state index >= 15 is 0 Å².